The number of halogens is 1. The largest absolute Gasteiger partial charge is 0.331 e. The molecule has 0 radical (unpaired) electrons. The number of aryl methyl sites for hydroxylation is 1. The van der Waals surface area contributed by atoms with Crippen LogP contribution in [0.15, 0.2) is 60.7 Å². The summed E-state index contributed by atoms with van der Waals surface area (Å²) in [5.74, 6) is -0.438. The van der Waals surface area contributed by atoms with E-state index in [-0.39, 0.29) is 37.7 Å². The average Bonchev–Trinajstić information content (AvgIpc) is 3.15. The van der Waals surface area contributed by atoms with Gasteiger partial charge in [-0.25, -0.2) is 13.1 Å². The van der Waals surface area contributed by atoms with Crippen LogP contribution in [0.3, 0.4) is 0 Å². The number of nitrogens with zero attached hydrogens (tertiary/aromatic N) is 1. The highest BCUT2D eigenvalue weighted by Crippen LogP contribution is 2.36. The van der Waals surface area contributed by atoms with Crippen molar-refractivity contribution in [2.24, 2.45) is 5.92 Å². The Morgan fingerprint density at radius 2 is 1.75 bits per heavy atom. The molecule has 1 heterocycles. The molecule has 0 saturated heterocycles. The summed E-state index contributed by atoms with van der Waals surface area (Å²) >= 11 is 6.32. The fraction of sp³-hybridized carbons (Fsp3) is 0.323. The summed E-state index contributed by atoms with van der Waals surface area (Å²) in [5, 5.41) is 1.00. The van der Waals surface area contributed by atoms with Crippen molar-refractivity contribution in [2.75, 3.05) is 6.26 Å². The lowest BCUT2D eigenvalue weighted by Gasteiger charge is -2.14. The lowest BCUT2D eigenvalue weighted by atomic mass is 9.93. The van der Waals surface area contributed by atoms with E-state index in [4.69, 9.17) is 11.6 Å². The molecule has 3 aromatic rings. The molecule has 0 saturated carbocycles. The fourth-order valence-electron chi connectivity index (χ4n) is 4.82. The van der Waals surface area contributed by atoms with E-state index in [9.17, 15) is 22.8 Å². The summed E-state index contributed by atoms with van der Waals surface area (Å²) in [4.78, 5) is 38.5. The van der Waals surface area contributed by atoms with Gasteiger partial charge in [0.2, 0.25) is 10.0 Å². The van der Waals surface area contributed by atoms with Crippen molar-refractivity contribution in [1.82, 2.24) is 9.29 Å². The number of Topliss-reactive ketones (excluding diaryl/α,β-unsaturated/α-hetero) is 2. The van der Waals surface area contributed by atoms with Gasteiger partial charge in [-0.15, -0.1) is 0 Å². The minimum atomic E-state index is -3.88. The van der Waals surface area contributed by atoms with Gasteiger partial charge in [0.05, 0.1) is 6.26 Å². The molecule has 0 aliphatic heterocycles. The number of amides is 1. The monoisotopic (exact) mass is 582 g/mol. The molecule has 1 aliphatic rings. The zero-order valence-corrected chi connectivity index (χ0v) is 23.7. The molecule has 0 bridgehead atoms. The maximum absolute atomic E-state index is 13.4. The maximum Gasteiger partial charge on any atom is 0.282 e. The Bertz CT molecular complexity index is 1610. The number of ketones is 2. The van der Waals surface area contributed by atoms with Gasteiger partial charge >= 0.3 is 0 Å². The minimum absolute atomic E-state index is 0. The standard InChI is InChI=1S/C30H31ClN2O5S.CH4/c1-19(2)16-23(34)14-12-20-8-10-21(11-9-20)18-33-26-15-13-22(31)17-25(26)28(24-6-4-5-7-27(24)35)29(33)30(36)32-39(3,37)38;/h4-6,8-11,13,15,17,19H,7,12,14,16,18H2,1-3H3,(H,32,36);1H4. The molecule has 40 heavy (non-hydrogen) atoms. The average molecular weight is 583 g/mol. The fourth-order valence-corrected chi connectivity index (χ4v) is 5.42. The molecule has 2 aromatic carbocycles. The Balaban J connectivity index is 0.00000441. The third kappa shape index (κ3) is 7.37. The van der Waals surface area contributed by atoms with Gasteiger partial charge in [-0.1, -0.05) is 75.4 Å². The van der Waals surface area contributed by atoms with Crippen LogP contribution in [-0.2, 0) is 32.6 Å². The number of hydrogen-bond acceptors (Lipinski definition) is 5. The van der Waals surface area contributed by atoms with E-state index in [1.165, 1.54) is 0 Å². The molecule has 212 valence electrons. The molecule has 0 unspecified atom stereocenters. The second-order valence-corrected chi connectivity index (χ2v) is 12.4. The third-order valence-corrected chi connectivity index (χ3v) is 7.27. The SMILES string of the molecule is C.CC(C)CC(=O)CCc1ccc(Cn2c(C(=O)NS(C)(=O)=O)c(C3=CC=CCC3=O)c3cc(Cl)ccc32)cc1. The Hall–Kier alpha value is -3.49. The minimum Gasteiger partial charge on any atom is -0.331 e. The summed E-state index contributed by atoms with van der Waals surface area (Å²) in [6.07, 6.45) is 7.89. The van der Waals surface area contributed by atoms with Gasteiger partial charge in [-0.2, -0.15) is 0 Å². The van der Waals surface area contributed by atoms with E-state index in [0.29, 0.717) is 52.2 Å². The topological polar surface area (TPSA) is 102 Å². The first kappa shape index (κ1) is 31.0. The van der Waals surface area contributed by atoms with Gasteiger partial charge in [-0.05, 0) is 41.7 Å². The molecule has 4 rings (SSSR count). The van der Waals surface area contributed by atoms with Crippen LogP contribution in [0.25, 0.3) is 16.5 Å². The summed E-state index contributed by atoms with van der Waals surface area (Å²) in [6, 6.07) is 12.9. The molecule has 1 amide bonds. The van der Waals surface area contributed by atoms with Crippen molar-refractivity contribution in [2.45, 2.75) is 53.5 Å². The highest BCUT2D eigenvalue weighted by Gasteiger charge is 2.29. The first-order chi connectivity index (χ1) is 18.4. The number of nitrogens with one attached hydrogen (secondary N) is 1. The number of rotatable bonds is 10. The van der Waals surface area contributed by atoms with Crippen LogP contribution < -0.4 is 4.72 Å². The molecule has 1 aromatic heterocycles. The molecule has 0 atom stereocenters. The molecule has 1 N–H and O–H groups in total. The van der Waals surface area contributed by atoms with E-state index in [1.807, 2.05) is 38.1 Å². The summed E-state index contributed by atoms with van der Waals surface area (Å²) in [7, 11) is -3.88. The van der Waals surface area contributed by atoms with Gasteiger partial charge < -0.3 is 4.57 Å². The number of hydrogen-bond donors (Lipinski definition) is 1. The summed E-state index contributed by atoms with van der Waals surface area (Å²) in [6.45, 7) is 4.30. The summed E-state index contributed by atoms with van der Waals surface area (Å²) in [5.41, 5.74) is 3.27. The molecule has 0 fully saturated rings. The molecular weight excluding hydrogens is 548 g/mol. The number of allylic oxidation sites excluding steroid dienone is 4. The van der Waals surface area contributed by atoms with E-state index < -0.39 is 15.9 Å². The lowest BCUT2D eigenvalue weighted by Crippen LogP contribution is -2.32. The van der Waals surface area contributed by atoms with Crippen LogP contribution in [0.1, 0.15) is 67.7 Å². The van der Waals surface area contributed by atoms with Crippen molar-refractivity contribution in [3.05, 3.63) is 88.1 Å². The summed E-state index contributed by atoms with van der Waals surface area (Å²) < 4.78 is 27.9. The highest BCUT2D eigenvalue weighted by atomic mass is 35.5. The number of carbonyl (C=O) groups is 3. The Kier molecular flexibility index (Phi) is 9.92. The molecule has 7 nitrogen and oxygen atoms in total. The lowest BCUT2D eigenvalue weighted by molar-refractivity contribution is -0.119. The van der Waals surface area contributed by atoms with Crippen molar-refractivity contribution >= 4 is 55.6 Å². The number of aromatic nitrogens is 1. The van der Waals surface area contributed by atoms with Crippen LogP contribution in [-0.4, -0.2) is 36.7 Å². The molecule has 1 aliphatic carbocycles. The maximum atomic E-state index is 13.4. The van der Waals surface area contributed by atoms with Crippen molar-refractivity contribution < 1.29 is 22.8 Å². The molecule has 9 heteroatoms. The van der Waals surface area contributed by atoms with Crippen molar-refractivity contribution in [3.63, 3.8) is 0 Å². The second-order valence-electron chi connectivity index (χ2n) is 10.3. The van der Waals surface area contributed by atoms with Crippen molar-refractivity contribution in [1.29, 1.82) is 0 Å². The number of sulfonamides is 1. The van der Waals surface area contributed by atoms with Gasteiger partial charge in [0.15, 0.2) is 5.78 Å². The first-order valence-corrected chi connectivity index (χ1v) is 15.0. The Morgan fingerprint density at radius 1 is 1.07 bits per heavy atom. The smallest absolute Gasteiger partial charge is 0.282 e. The number of fused-ring (bicyclic) bond motifs is 1. The van der Waals surface area contributed by atoms with Crippen LogP contribution >= 0.6 is 11.6 Å². The Morgan fingerprint density at radius 3 is 2.38 bits per heavy atom. The zero-order valence-electron chi connectivity index (χ0n) is 22.2. The predicted molar refractivity (Wildman–Crippen MR) is 161 cm³/mol. The zero-order chi connectivity index (χ0) is 28.3. The van der Waals surface area contributed by atoms with Crippen LogP contribution in [0.4, 0.5) is 0 Å². The van der Waals surface area contributed by atoms with Gasteiger partial charge in [-0.3, -0.25) is 14.4 Å². The second kappa shape index (κ2) is 12.8. The molecular formula is C31H35ClN2O5S. The van der Waals surface area contributed by atoms with Crippen molar-refractivity contribution in [3.8, 4) is 0 Å². The van der Waals surface area contributed by atoms with E-state index in [0.717, 1.165) is 17.4 Å². The quantitative estimate of drug-likeness (QED) is 0.310. The van der Waals surface area contributed by atoms with Gasteiger partial charge in [0.1, 0.15) is 11.5 Å². The van der Waals surface area contributed by atoms with Gasteiger partial charge in [0.25, 0.3) is 5.91 Å². The predicted octanol–water partition coefficient (Wildman–Crippen LogP) is 6.13. The van der Waals surface area contributed by atoms with E-state index in [2.05, 4.69) is 4.72 Å². The van der Waals surface area contributed by atoms with Crippen LogP contribution in [0, 0.1) is 5.92 Å². The van der Waals surface area contributed by atoms with Crippen LogP contribution in [0.5, 0.6) is 0 Å². The van der Waals surface area contributed by atoms with E-state index >= 15 is 0 Å². The normalized spacial score (nSPS) is 13.3. The van der Waals surface area contributed by atoms with Crippen LogP contribution in [0.2, 0.25) is 5.02 Å². The highest BCUT2D eigenvalue weighted by molar-refractivity contribution is 7.89. The number of benzene rings is 2. The first-order valence-electron chi connectivity index (χ1n) is 12.8. The number of carbonyl (C=O) groups excluding carboxylic acids is 3. The van der Waals surface area contributed by atoms with Gasteiger partial charge in [0, 0.05) is 52.9 Å². The Labute approximate surface area is 241 Å². The third-order valence-electron chi connectivity index (χ3n) is 6.48. The molecule has 0 spiro atoms. The van der Waals surface area contributed by atoms with E-state index in [1.54, 1.807) is 41.0 Å².